The minimum Gasteiger partial charge on any atom is -0.481 e. The molecule has 0 spiro atoms. The van der Waals surface area contributed by atoms with Crippen LogP contribution in [0.15, 0.2) is 58.1 Å². The van der Waals surface area contributed by atoms with E-state index in [9.17, 15) is 4.79 Å². The normalized spacial score (nSPS) is 14.5. The Morgan fingerprint density at radius 3 is 2.76 bits per heavy atom. The Hall–Kier alpha value is -1.70. The van der Waals surface area contributed by atoms with Crippen LogP contribution in [-0.2, 0) is 4.79 Å². The van der Waals surface area contributed by atoms with E-state index in [1.54, 1.807) is 0 Å². The molecule has 3 nitrogen and oxygen atoms in total. The number of hydrogen-bond donors (Lipinski definition) is 1. The van der Waals surface area contributed by atoms with Crippen molar-refractivity contribution in [1.29, 1.82) is 5.26 Å². The fraction of sp³-hybridized carbons (Fsp3) is 0.400. The zero-order valence-electron chi connectivity index (χ0n) is 15.1. The first-order valence-corrected chi connectivity index (χ1v) is 9.89. The zero-order valence-corrected chi connectivity index (χ0v) is 16.7. The molecule has 0 radical (unpaired) electrons. The van der Waals surface area contributed by atoms with Gasteiger partial charge in [0.15, 0.2) is 0 Å². The van der Waals surface area contributed by atoms with Crippen LogP contribution in [0.4, 0.5) is 0 Å². The quantitative estimate of drug-likeness (QED) is 0.414. The summed E-state index contributed by atoms with van der Waals surface area (Å²) in [5.74, 6) is -0.438. The number of thioether (sulfide) groups is 1. The summed E-state index contributed by atoms with van der Waals surface area (Å²) in [6, 6.07) is 2.18. The van der Waals surface area contributed by atoms with Gasteiger partial charge in [-0.3, -0.25) is 4.79 Å². The fourth-order valence-corrected chi connectivity index (χ4v) is 3.08. The number of carbonyl (C=O) groups is 1. The van der Waals surface area contributed by atoms with Gasteiger partial charge in [0.2, 0.25) is 0 Å². The molecule has 0 saturated heterocycles. The first-order chi connectivity index (χ1) is 12.1. The molecule has 0 aromatic rings. The van der Waals surface area contributed by atoms with Crippen LogP contribution in [0.1, 0.15) is 40.0 Å². The summed E-state index contributed by atoms with van der Waals surface area (Å²) in [4.78, 5) is 11.8. The summed E-state index contributed by atoms with van der Waals surface area (Å²) in [5, 5.41) is 18.0. The Kier molecular flexibility index (Phi) is 13.6. The van der Waals surface area contributed by atoms with E-state index in [0.29, 0.717) is 17.9 Å². The van der Waals surface area contributed by atoms with Crippen molar-refractivity contribution in [2.45, 2.75) is 40.0 Å². The molecular weight excluding hydrogens is 354 g/mol. The lowest BCUT2D eigenvalue weighted by Crippen LogP contribution is -1.99. The topological polar surface area (TPSA) is 61.1 Å². The van der Waals surface area contributed by atoms with Crippen molar-refractivity contribution >= 4 is 29.3 Å². The first-order valence-electron chi connectivity index (χ1n) is 8.37. The van der Waals surface area contributed by atoms with Gasteiger partial charge in [-0.15, -0.1) is 23.4 Å². The third kappa shape index (κ3) is 10.0. The van der Waals surface area contributed by atoms with Crippen molar-refractivity contribution in [3.63, 3.8) is 0 Å². The number of nitrogens with zero attached hydrogens (tertiary/aromatic N) is 1. The highest BCUT2D eigenvalue weighted by Crippen LogP contribution is 2.29. The number of carboxylic acids is 1. The van der Waals surface area contributed by atoms with E-state index in [2.05, 4.69) is 6.07 Å². The Bertz CT molecular complexity index is 622. The van der Waals surface area contributed by atoms with E-state index in [4.69, 9.17) is 22.0 Å². The lowest BCUT2D eigenvalue weighted by molar-refractivity contribution is -0.133. The van der Waals surface area contributed by atoms with Crippen molar-refractivity contribution < 1.29 is 9.90 Å². The van der Waals surface area contributed by atoms with Gasteiger partial charge < -0.3 is 5.11 Å². The molecular formula is C20H26ClNO2S. The average Bonchev–Trinajstić information content (AvgIpc) is 2.86. The van der Waals surface area contributed by atoms with Crippen molar-refractivity contribution in [3.05, 3.63) is 58.1 Å². The molecule has 0 aromatic heterocycles. The van der Waals surface area contributed by atoms with Gasteiger partial charge in [0.1, 0.15) is 0 Å². The lowest BCUT2D eigenvalue weighted by Gasteiger charge is -2.11. The number of nitriles is 1. The molecule has 5 heteroatoms. The summed E-state index contributed by atoms with van der Waals surface area (Å²) in [7, 11) is 0. The molecule has 0 amide bonds. The summed E-state index contributed by atoms with van der Waals surface area (Å²) in [6.45, 7) is 6.05. The number of carboxylic acid groups (broad SMARTS) is 1. The van der Waals surface area contributed by atoms with Crippen LogP contribution in [0.25, 0.3) is 0 Å². The van der Waals surface area contributed by atoms with Gasteiger partial charge in [0, 0.05) is 16.4 Å². The van der Waals surface area contributed by atoms with Crippen LogP contribution in [0.2, 0.25) is 0 Å². The summed E-state index contributed by atoms with van der Waals surface area (Å²) in [5.41, 5.74) is 2.86. The van der Waals surface area contributed by atoms with Crippen molar-refractivity contribution in [1.82, 2.24) is 0 Å². The molecule has 1 N–H and O–H groups in total. The van der Waals surface area contributed by atoms with Gasteiger partial charge in [0.25, 0.3) is 0 Å². The predicted octanol–water partition coefficient (Wildman–Crippen LogP) is 6.02. The zero-order chi connectivity index (χ0) is 19.1. The SMILES string of the molecule is CC.CC/C(CC1=CC(C#N)=CCC=C1)=C(\C=C/CCl)SCC(=O)O. The van der Waals surface area contributed by atoms with Crippen molar-refractivity contribution in [3.8, 4) is 6.07 Å². The monoisotopic (exact) mass is 379 g/mol. The minimum atomic E-state index is -0.842. The molecule has 1 aliphatic carbocycles. The molecule has 0 bridgehead atoms. The number of allylic oxidation sites excluding steroid dienone is 9. The Balaban J connectivity index is 0.00000277. The van der Waals surface area contributed by atoms with Crippen LogP contribution >= 0.6 is 23.4 Å². The largest absolute Gasteiger partial charge is 0.481 e. The van der Waals surface area contributed by atoms with E-state index in [1.165, 1.54) is 11.8 Å². The van der Waals surface area contributed by atoms with Gasteiger partial charge in [-0.25, -0.2) is 0 Å². The van der Waals surface area contributed by atoms with Gasteiger partial charge in [-0.1, -0.05) is 56.7 Å². The highest BCUT2D eigenvalue weighted by atomic mass is 35.5. The molecule has 25 heavy (non-hydrogen) atoms. The van der Waals surface area contributed by atoms with Crippen molar-refractivity contribution in [2.75, 3.05) is 11.6 Å². The summed E-state index contributed by atoms with van der Waals surface area (Å²) < 4.78 is 0. The van der Waals surface area contributed by atoms with Crippen LogP contribution in [0.5, 0.6) is 0 Å². The van der Waals surface area contributed by atoms with E-state index in [0.717, 1.165) is 28.9 Å². The number of hydrogen-bond acceptors (Lipinski definition) is 3. The van der Waals surface area contributed by atoms with E-state index >= 15 is 0 Å². The molecule has 0 aliphatic heterocycles. The molecule has 136 valence electrons. The van der Waals surface area contributed by atoms with E-state index in [-0.39, 0.29) is 5.75 Å². The number of halogens is 1. The van der Waals surface area contributed by atoms with Crippen LogP contribution in [0.3, 0.4) is 0 Å². The number of aliphatic carboxylic acids is 1. The molecule has 0 saturated carbocycles. The second-order valence-corrected chi connectivity index (χ2v) is 6.19. The minimum absolute atomic E-state index is 0.0176. The lowest BCUT2D eigenvalue weighted by atomic mass is 10.0. The van der Waals surface area contributed by atoms with Crippen LogP contribution < -0.4 is 0 Å². The van der Waals surface area contributed by atoms with Gasteiger partial charge in [-0.2, -0.15) is 5.26 Å². The van der Waals surface area contributed by atoms with E-state index in [1.807, 2.05) is 57.2 Å². The van der Waals surface area contributed by atoms with Gasteiger partial charge >= 0.3 is 5.97 Å². The molecule has 0 atom stereocenters. The molecule has 1 rings (SSSR count). The highest BCUT2D eigenvalue weighted by molar-refractivity contribution is 8.03. The second-order valence-electron chi connectivity index (χ2n) is 4.87. The summed E-state index contributed by atoms with van der Waals surface area (Å²) in [6.07, 6.45) is 13.8. The van der Waals surface area contributed by atoms with Crippen molar-refractivity contribution in [2.24, 2.45) is 0 Å². The highest BCUT2D eigenvalue weighted by Gasteiger charge is 2.09. The standard InChI is InChI=1S/C18H20ClNO2S.C2H6/c1-2-16(17(8-5-9-19)23-13-18(21)22)11-14-6-3-4-7-15(10-14)12-20;1-2/h3,5-8,10H,2,4,9,11,13H2,1H3,(H,21,22);1-2H3/b8-5-,17-16-;. The molecule has 0 aromatic carbocycles. The van der Waals surface area contributed by atoms with Gasteiger partial charge in [0.05, 0.1) is 11.8 Å². The maximum Gasteiger partial charge on any atom is 0.313 e. The molecule has 0 unspecified atom stereocenters. The number of alkyl halides is 1. The molecule has 0 heterocycles. The smallest absolute Gasteiger partial charge is 0.313 e. The predicted molar refractivity (Wildman–Crippen MR) is 109 cm³/mol. The fourth-order valence-electron chi connectivity index (χ4n) is 2.10. The average molecular weight is 380 g/mol. The maximum atomic E-state index is 10.8. The second kappa shape index (κ2) is 14.6. The number of rotatable bonds is 8. The third-order valence-corrected chi connectivity index (χ3v) is 4.48. The Labute approximate surface area is 160 Å². The van der Waals surface area contributed by atoms with E-state index < -0.39 is 5.97 Å². The Morgan fingerprint density at radius 2 is 2.20 bits per heavy atom. The third-order valence-electron chi connectivity index (χ3n) is 3.18. The Morgan fingerprint density at radius 1 is 1.48 bits per heavy atom. The van der Waals surface area contributed by atoms with Gasteiger partial charge in [-0.05, 0) is 30.9 Å². The van der Waals surface area contributed by atoms with Crippen LogP contribution in [-0.4, -0.2) is 22.7 Å². The molecule has 0 fully saturated rings. The van der Waals surface area contributed by atoms with Crippen LogP contribution in [0, 0.1) is 11.3 Å². The molecule has 1 aliphatic rings. The maximum absolute atomic E-state index is 10.8. The first kappa shape index (κ1) is 23.3. The summed E-state index contributed by atoms with van der Waals surface area (Å²) >= 11 is 7.01.